The lowest BCUT2D eigenvalue weighted by atomic mass is 10.0. The van der Waals surface area contributed by atoms with Crippen LogP contribution in [-0.2, 0) is 14.8 Å². The SMILES string of the molecule is COc1ccc(-c2nnc(SCCC(=O)Nc3ccc(S(=O)(=O)Nc4nccc(C)n4)cc3)nc2-c2ccc(OC)cc2)cc1. The van der Waals surface area contributed by atoms with Gasteiger partial charge in [-0.25, -0.2) is 28.1 Å². The zero-order valence-corrected chi connectivity index (χ0v) is 26.2. The molecule has 0 unspecified atom stereocenters. The van der Waals surface area contributed by atoms with E-state index < -0.39 is 10.0 Å². The second-order valence-corrected chi connectivity index (χ2v) is 12.3. The number of rotatable bonds is 12. The summed E-state index contributed by atoms with van der Waals surface area (Å²) in [6.45, 7) is 1.73. The minimum absolute atomic E-state index is 0.0107. The summed E-state index contributed by atoms with van der Waals surface area (Å²) in [5, 5.41) is 12.0. The summed E-state index contributed by atoms with van der Waals surface area (Å²) >= 11 is 1.30. The molecule has 0 saturated heterocycles. The van der Waals surface area contributed by atoms with Gasteiger partial charge in [0.25, 0.3) is 10.0 Å². The summed E-state index contributed by atoms with van der Waals surface area (Å²) in [6.07, 6.45) is 1.63. The van der Waals surface area contributed by atoms with Gasteiger partial charge in [-0.3, -0.25) is 4.79 Å². The van der Waals surface area contributed by atoms with Gasteiger partial charge in [-0.2, -0.15) is 0 Å². The van der Waals surface area contributed by atoms with E-state index in [1.807, 2.05) is 48.5 Å². The third kappa shape index (κ3) is 8.10. The Kier molecular flexibility index (Phi) is 9.85. The van der Waals surface area contributed by atoms with Crippen LogP contribution in [0.2, 0.25) is 0 Å². The number of sulfonamides is 1. The van der Waals surface area contributed by atoms with E-state index in [-0.39, 0.29) is 23.2 Å². The Morgan fingerprint density at radius 3 is 2.02 bits per heavy atom. The first-order valence-electron chi connectivity index (χ1n) is 13.6. The number of hydrogen-bond donors (Lipinski definition) is 2. The van der Waals surface area contributed by atoms with Crippen molar-refractivity contribution in [2.75, 3.05) is 30.0 Å². The van der Waals surface area contributed by atoms with E-state index in [9.17, 15) is 13.2 Å². The third-order valence-electron chi connectivity index (χ3n) is 6.42. The Morgan fingerprint density at radius 2 is 1.42 bits per heavy atom. The quantitative estimate of drug-likeness (QED) is 0.171. The number of aryl methyl sites for hydroxylation is 1. The second kappa shape index (κ2) is 14.1. The number of hydrogen-bond acceptors (Lipinski definition) is 11. The van der Waals surface area contributed by atoms with Crippen LogP contribution in [0.25, 0.3) is 22.5 Å². The first kappa shape index (κ1) is 31.3. The highest BCUT2D eigenvalue weighted by Gasteiger charge is 2.17. The number of carbonyl (C=O) groups excluding carboxylic acids is 1. The van der Waals surface area contributed by atoms with Gasteiger partial charge in [0.15, 0.2) is 0 Å². The number of amides is 1. The van der Waals surface area contributed by atoms with Crippen molar-refractivity contribution in [3.63, 3.8) is 0 Å². The Hall–Kier alpha value is -5.08. The predicted octanol–water partition coefficient (Wildman–Crippen LogP) is 5.24. The lowest BCUT2D eigenvalue weighted by Crippen LogP contribution is -2.16. The van der Waals surface area contributed by atoms with Gasteiger partial charge in [0, 0.05) is 40.9 Å². The van der Waals surface area contributed by atoms with Crippen molar-refractivity contribution in [3.8, 4) is 34.0 Å². The van der Waals surface area contributed by atoms with Crippen molar-refractivity contribution in [2.45, 2.75) is 23.4 Å². The molecule has 14 heteroatoms. The fourth-order valence-electron chi connectivity index (χ4n) is 4.12. The van der Waals surface area contributed by atoms with Gasteiger partial charge in [0.1, 0.15) is 22.9 Å². The molecule has 0 atom stereocenters. The number of anilines is 2. The molecule has 0 saturated carbocycles. The smallest absolute Gasteiger partial charge is 0.264 e. The van der Waals surface area contributed by atoms with Crippen LogP contribution in [0.3, 0.4) is 0 Å². The number of nitrogens with zero attached hydrogens (tertiary/aromatic N) is 5. The van der Waals surface area contributed by atoms with Crippen molar-refractivity contribution in [2.24, 2.45) is 0 Å². The summed E-state index contributed by atoms with van der Waals surface area (Å²) in [5.74, 6) is 1.57. The maximum Gasteiger partial charge on any atom is 0.264 e. The van der Waals surface area contributed by atoms with E-state index in [1.54, 1.807) is 27.2 Å². The molecule has 2 heterocycles. The van der Waals surface area contributed by atoms with Gasteiger partial charge in [0.2, 0.25) is 17.0 Å². The topological polar surface area (TPSA) is 158 Å². The minimum Gasteiger partial charge on any atom is -0.497 e. The molecular weight excluding hydrogens is 615 g/mol. The molecule has 1 amide bonds. The number of carbonyl (C=O) groups is 1. The second-order valence-electron chi connectivity index (χ2n) is 9.55. The lowest BCUT2D eigenvalue weighted by molar-refractivity contribution is -0.115. The molecule has 45 heavy (non-hydrogen) atoms. The van der Waals surface area contributed by atoms with Crippen LogP contribution in [0.4, 0.5) is 11.6 Å². The van der Waals surface area contributed by atoms with Crippen molar-refractivity contribution in [1.82, 2.24) is 25.1 Å². The van der Waals surface area contributed by atoms with Gasteiger partial charge >= 0.3 is 0 Å². The van der Waals surface area contributed by atoms with Crippen molar-refractivity contribution in [3.05, 3.63) is 90.8 Å². The Labute approximate surface area is 264 Å². The molecule has 2 N–H and O–H groups in total. The van der Waals surface area contributed by atoms with Crippen LogP contribution in [0.1, 0.15) is 12.1 Å². The Morgan fingerprint density at radius 1 is 0.800 bits per heavy atom. The molecule has 2 aromatic heterocycles. The first-order valence-corrected chi connectivity index (χ1v) is 16.1. The van der Waals surface area contributed by atoms with Gasteiger partial charge in [-0.1, -0.05) is 11.8 Å². The fourth-order valence-corrected chi connectivity index (χ4v) is 5.79. The van der Waals surface area contributed by atoms with Crippen LogP contribution in [0.5, 0.6) is 11.5 Å². The molecule has 0 aliphatic rings. The molecule has 0 aliphatic carbocycles. The molecule has 0 aliphatic heterocycles. The maximum absolute atomic E-state index is 12.7. The van der Waals surface area contributed by atoms with Crippen LogP contribution in [0, 0.1) is 6.92 Å². The number of benzene rings is 3. The van der Waals surface area contributed by atoms with E-state index in [4.69, 9.17) is 14.5 Å². The minimum atomic E-state index is -3.89. The molecule has 3 aromatic carbocycles. The average Bonchev–Trinajstić information content (AvgIpc) is 3.05. The lowest BCUT2D eigenvalue weighted by Gasteiger charge is -2.11. The highest BCUT2D eigenvalue weighted by Crippen LogP contribution is 2.32. The maximum atomic E-state index is 12.7. The largest absolute Gasteiger partial charge is 0.497 e. The third-order valence-corrected chi connectivity index (χ3v) is 8.61. The Bertz CT molecular complexity index is 1890. The van der Waals surface area contributed by atoms with E-state index in [0.29, 0.717) is 33.7 Å². The van der Waals surface area contributed by atoms with E-state index >= 15 is 0 Å². The van der Waals surface area contributed by atoms with E-state index in [1.165, 1.54) is 42.2 Å². The monoisotopic (exact) mass is 643 g/mol. The van der Waals surface area contributed by atoms with Gasteiger partial charge < -0.3 is 14.8 Å². The number of nitrogens with one attached hydrogen (secondary N) is 2. The first-order chi connectivity index (χ1) is 21.7. The molecular formula is C31H29N7O5S2. The highest BCUT2D eigenvalue weighted by molar-refractivity contribution is 7.99. The van der Waals surface area contributed by atoms with Gasteiger partial charge in [0.05, 0.1) is 19.1 Å². The zero-order chi connectivity index (χ0) is 31.8. The highest BCUT2D eigenvalue weighted by atomic mass is 32.2. The molecule has 5 aromatic rings. The summed E-state index contributed by atoms with van der Waals surface area (Å²) in [5.41, 5.74) is 4.00. The fraction of sp³-hybridized carbons (Fsp3) is 0.161. The number of aromatic nitrogens is 5. The molecule has 0 bridgehead atoms. The normalized spacial score (nSPS) is 11.1. The summed E-state index contributed by atoms with van der Waals surface area (Å²) in [7, 11) is -0.680. The number of methoxy groups -OCH3 is 2. The van der Waals surface area contributed by atoms with E-state index in [2.05, 4.69) is 30.2 Å². The van der Waals surface area contributed by atoms with Crippen LogP contribution >= 0.6 is 11.8 Å². The van der Waals surface area contributed by atoms with Crippen molar-refractivity contribution >= 4 is 39.3 Å². The molecule has 0 spiro atoms. The zero-order valence-electron chi connectivity index (χ0n) is 24.6. The summed E-state index contributed by atoms with van der Waals surface area (Å²) in [6, 6.07) is 22.5. The number of ether oxygens (including phenoxy) is 2. The van der Waals surface area contributed by atoms with Crippen LogP contribution < -0.4 is 19.5 Å². The van der Waals surface area contributed by atoms with Gasteiger partial charge in [-0.15, -0.1) is 10.2 Å². The molecule has 0 radical (unpaired) electrons. The molecule has 12 nitrogen and oxygen atoms in total. The molecule has 0 fully saturated rings. The predicted molar refractivity (Wildman–Crippen MR) is 172 cm³/mol. The van der Waals surface area contributed by atoms with Crippen molar-refractivity contribution in [1.29, 1.82) is 0 Å². The summed E-state index contributed by atoms with van der Waals surface area (Å²) in [4.78, 5) is 25.4. The van der Waals surface area contributed by atoms with Crippen molar-refractivity contribution < 1.29 is 22.7 Å². The van der Waals surface area contributed by atoms with Crippen LogP contribution in [-0.4, -0.2) is 59.4 Å². The average molecular weight is 644 g/mol. The summed E-state index contributed by atoms with van der Waals surface area (Å²) < 4.78 is 38.3. The standard InChI is InChI=1S/C31H29N7O5S2/c1-20-16-18-32-30(33-20)38-45(40,41)26-14-8-23(9-15-26)34-27(39)17-19-44-31-35-28(21-4-10-24(42-2)11-5-21)29(36-37-31)22-6-12-25(43-3)13-7-22/h4-16,18H,17,19H2,1-3H3,(H,34,39)(H,32,33,38). The Balaban J connectivity index is 1.22. The molecule has 5 rings (SSSR count). The van der Waals surface area contributed by atoms with Crippen LogP contribution in [0.15, 0.2) is 95.1 Å². The number of thioether (sulfide) groups is 1. The van der Waals surface area contributed by atoms with E-state index in [0.717, 1.165) is 22.6 Å². The van der Waals surface area contributed by atoms with Gasteiger partial charge in [-0.05, 0) is 85.8 Å². The molecule has 230 valence electrons.